The molecule has 0 amide bonds. The van der Waals surface area contributed by atoms with Gasteiger partial charge in [-0.2, -0.15) is 15.0 Å². The lowest BCUT2D eigenvalue weighted by atomic mass is 9.98. The molecule has 6 nitrogen and oxygen atoms in total. The van der Waals surface area contributed by atoms with Crippen molar-refractivity contribution in [3.63, 3.8) is 0 Å². The van der Waals surface area contributed by atoms with Gasteiger partial charge >= 0.3 is 5.97 Å². The zero-order chi connectivity index (χ0) is 21.5. The summed E-state index contributed by atoms with van der Waals surface area (Å²) in [6, 6.07) is 19.9. The molecule has 0 bridgehead atoms. The summed E-state index contributed by atoms with van der Waals surface area (Å²) in [5.74, 6) is 0.171. The fourth-order valence-electron chi connectivity index (χ4n) is 3.52. The highest BCUT2D eigenvalue weighted by molar-refractivity contribution is 7.99. The number of aromatic nitrogens is 3. The molecule has 0 saturated heterocycles. The smallest absolute Gasteiger partial charge is 0.331 e. The highest BCUT2D eigenvalue weighted by atomic mass is 32.2. The summed E-state index contributed by atoms with van der Waals surface area (Å²) in [6.07, 6.45) is 3.35. The van der Waals surface area contributed by atoms with Crippen molar-refractivity contribution in [3.05, 3.63) is 60.7 Å². The van der Waals surface area contributed by atoms with Crippen LogP contribution in [0.3, 0.4) is 0 Å². The Bertz CT molecular complexity index is 953. The van der Waals surface area contributed by atoms with E-state index in [0.717, 1.165) is 22.6 Å². The number of rotatable bonds is 8. The summed E-state index contributed by atoms with van der Waals surface area (Å²) < 4.78 is 5.37. The van der Waals surface area contributed by atoms with Gasteiger partial charge in [0.05, 0.1) is 6.61 Å². The van der Waals surface area contributed by atoms with Crippen molar-refractivity contribution in [1.29, 1.82) is 0 Å². The molecular formula is C23H24N4O2S2. The molecule has 3 aromatic rings. The standard InChI is InChI=1S/C23H24N4O2S2/c1-2-29-19(28)23(15-9-10-16-23)27-20-24-21(30-17-11-5-3-6-12-17)26-22(25-20)31-18-13-7-4-8-14-18/h3-8,11-14H,2,9-10,15-16H2,1H3,(H,24,25,26,27). The van der Waals surface area contributed by atoms with Gasteiger partial charge in [0.2, 0.25) is 5.95 Å². The number of carbonyl (C=O) groups is 1. The Balaban J connectivity index is 1.65. The Morgan fingerprint density at radius 3 is 1.90 bits per heavy atom. The van der Waals surface area contributed by atoms with E-state index in [1.165, 1.54) is 23.5 Å². The second kappa shape index (κ2) is 10.2. The number of benzene rings is 2. The predicted octanol–water partition coefficient (Wildman–Crippen LogP) is 5.46. The maximum Gasteiger partial charge on any atom is 0.331 e. The molecule has 1 heterocycles. The van der Waals surface area contributed by atoms with E-state index in [0.29, 0.717) is 35.7 Å². The molecule has 1 aliphatic carbocycles. The molecule has 1 aromatic heterocycles. The number of ether oxygens (including phenoxy) is 1. The minimum atomic E-state index is -0.777. The van der Waals surface area contributed by atoms with Crippen LogP contribution in [0.5, 0.6) is 0 Å². The molecule has 4 rings (SSSR count). The van der Waals surface area contributed by atoms with E-state index in [-0.39, 0.29) is 5.97 Å². The van der Waals surface area contributed by atoms with Crippen molar-refractivity contribution < 1.29 is 9.53 Å². The van der Waals surface area contributed by atoms with Gasteiger partial charge in [0.15, 0.2) is 10.3 Å². The first-order valence-electron chi connectivity index (χ1n) is 10.3. The van der Waals surface area contributed by atoms with Crippen molar-refractivity contribution >= 4 is 35.4 Å². The highest BCUT2D eigenvalue weighted by Gasteiger charge is 2.43. The van der Waals surface area contributed by atoms with Crippen LogP contribution in [0.25, 0.3) is 0 Å². The van der Waals surface area contributed by atoms with E-state index in [4.69, 9.17) is 4.74 Å². The van der Waals surface area contributed by atoms with Crippen LogP contribution in [0.2, 0.25) is 0 Å². The number of hydrogen-bond donors (Lipinski definition) is 1. The summed E-state index contributed by atoms with van der Waals surface area (Å²) >= 11 is 2.94. The van der Waals surface area contributed by atoms with Gasteiger partial charge in [-0.1, -0.05) is 49.2 Å². The van der Waals surface area contributed by atoms with Crippen molar-refractivity contribution in [3.8, 4) is 0 Å². The van der Waals surface area contributed by atoms with E-state index in [1.54, 1.807) is 0 Å². The normalized spacial score (nSPS) is 14.9. The first-order chi connectivity index (χ1) is 15.2. The largest absolute Gasteiger partial charge is 0.464 e. The van der Waals surface area contributed by atoms with E-state index in [2.05, 4.69) is 20.3 Å². The van der Waals surface area contributed by atoms with Crippen molar-refractivity contribution in [2.24, 2.45) is 0 Å². The molecule has 0 spiro atoms. The third-order valence-electron chi connectivity index (χ3n) is 4.97. The van der Waals surface area contributed by atoms with Gasteiger partial charge in [0.25, 0.3) is 0 Å². The summed E-state index contributed by atoms with van der Waals surface area (Å²) in [7, 11) is 0. The molecule has 1 aliphatic rings. The summed E-state index contributed by atoms with van der Waals surface area (Å²) in [5.41, 5.74) is -0.777. The topological polar surface area (TPSA) is 77.0 Å². The molecule has 160 valence electrons. The zero-order valence-electron chi connectivity index (χ0n) is 17.3. The van der Waals surface area contributed by atoms with Gasteiger partial charge in [-0.25, -0.2) is 4.79 Å². The molecule has 1 fully saturated rings. The number of anilines is 1. The number of nitrogens with one attached hydrogen (secondary N) is 1. The van der Waals surface area contributed by atoms with Crippen LogP contribution >= 0.6 is 23.5 Å². The Hall–Kier alpha value is -2.58. The summed E-state index contributed by atoms with van der Waals surface area (Å²) in [5, 5.41) is 4.49. The van der Waals surface area contributed by atoms with Gasteiger partial charge in [-0.15, -0.1) is 0 Å². The molecule has 0 atom stereocenters. The van der Waals surface area contributed by atoms with Crippen molar-refractivity contribution in [1.82, 2.24) is 15.0 Å². The summed E-state index contributed by atoms with van der Waals surface area (Å²) in [4.78, 5) is 28.7. The first-order valence-corrected chi connectivity index (χ1v) is 12.0. The maximum absolute atomic E-state index is 12.8. The van der Waals surface area contributed by atoms with Gasteiger partial charge in [0, 0.05) is 9.79 Å². The minimum Gasteiger partial charge on any atom is -0.464 e. The molecule has 8 heteroatoms. The molecule has 1 N–H and O–H groups in total. The SMILES string of the molecule is CCOC(=O)C1(Nc2nc(Sc3ccccc3)nc(Sc3ccccc3)n2)CCCC1. The van der Waals surface area contributed by atoms with E-state index in [9.17, 15) is 4.79 Å². The average Bonchev–Trinajstić information content (AvgIpc) is 3.25. The molecule has 2 aromatic carbocycles. The van der Waals surface area contributed by atoms with Crippen LogP contribution in [0.1, 0.15) is 32.6 Å². The molecular weight excluding hydrogens is 428 g/mol. The number of nitrogens with zero attached hydrogens (tertiary/aromatic N) is 3. The molecule has 31 heavy (non-hydrogen) atoms. The van der Waals surface area contributed by atoms with E-state index < -0.39 is 5.54 Å². The van der Waals surface area contributed by atoms with Crippen LogP contribution < -0.4 is 5.32 Å². The predicted molar refractivity (Wildman–Crippen MR) is 122 cm³/mol. The zero-order valence-corrected chi connectivity index (χ0v) is 18.9. The lowest BCUT2D eigenvalue weighted by molar-refractivity contribution is -0.148. The third kappa shape index (κ3) is 5.57. The fourth-order valence-corrected chi connectivity index (χ4v) is 5.11. The number of esters is 1. The van der Waals surface area contributed by atoms with Gasteiger partial charge < -0.3 is 10.1 Å². The number of carbonyl (C=O) groups excluding carboxylic acids is 1. The van der Waals surface area contributed by atoms with Crippen LogP contribution in [-0.4, -0.2) is 33.1 Å². The second-order valence-corrected chi connectivity index (χ2v) is 9.27. The van der Waals surface area contributed by atoms with Crippen molar-refractivity contribution in [2.45, 2.75) is 58.2 Å². The Labute approximate surface area is 190 Å². The van der Waals surface area contributed by atoms with Crippen molar-refractivity contribution in [2.75, 3.05) is 11.9 Å². The Morgan fingerprint density at radius 1 is 0.903 bits per heavy atom. The Morgan fingerprint density at radius 2 is 1.42 bits per heavy atom. The Kier molecular flexibility index (Phi) is 7.09. The van der Waals surface area contributed by atoms with Crippen LogP contribution in [0.4, 0.5) is 5.95 Å². The molecule has 0 unspecified atom stereocenters. The first kappa shape index (κ1) is 21.6. The van der Waals surface area contributed by atoms with Crippen LogP contribution in [0, 0.1) is 0 Å². The maximum atomic E-state index is 12.8. The average molecular weight is 453 g/mol. The monoisotopic (exact) mass is 452 g/mol. The molecule has 0 aliphatic heterocycles. The minimum absolute atomic E-state index is 0.234. The fraction of sp³-hybridized carbons (Fsp3) is 0.304. The summed E-state index contributed by atoms with van der Waals surface area (Å²) in [6.45, 7) is 2.18. The third-order valence-corrected chi connectivity index (χ3v) is 6.72. The van der Waals surface area contributed by atoms with Gasteiger partial charge in [-0.3, -0.25) is 0 Å². The van der Waals surface area contributed by atoms with Crippen LogP contribution in [-0.2, 0) is 9.53 Å². The van der Waals surface area contributed by atoms with Gasteiger partial charge in [-0.05, 0) is 67.6 Å². The van der Waals surface area contributed by atoms with E-state index in [1.807, 2.05) is 67.6 Å². The quantitative estimate of drug-likeness (QED) is 0.451. The number of hydrogen-bond acceptors (Lipinski definition) is 8. The van der Waals surface area contributed by atoms with Crippen LogP contribution in [0.15, 0.2) is 80.8 Å². The molecule has 0 radical (unpaired) electrons. The highest BCUT2D eigenvalue weighted by Crippen LogP contribution is 2.35. The lowest BCUT2D eigenvalue weighted by Crippen LogP contribution is -2.45. The lowest BCUT2D eigenvalue weighted by Gasteiger charge is -2.27. The van der Waals surface area contributed by atoms with Gasteiger partial charge in [0.1, 0.15) is 5.54 Å². The second-order valence-electron chi connectivity index (χ2n) is 7.19. The molecule has 1 saturated carbocycles. The van der Waals surface area contributed by atoms with E-state index >= 15 is 0 Å².